The third-order valence-electron chi connectivity index (χ3n) is 6.78. The number of phenolic OH excluding ortho intramolecular Hbond substituents is 3. The zero-order chi connectivity index (χ0) is 23.7. The normalized spacial score (nSPS) is 14.5. The summed E-state index contributed by atoms with van der Waals surface area (Å²) >= 11 is 4.33. The number of aromatic hydroxyl groups is 3. The van der Waals surface area contributed by atoms with Crippen LogP contribution in [-0.4, -0.2) is 15.3 Å². The summed E-state index contributed by atoms with van der Waals surface area (Å²) in [5, 5.41) is 31.6. The highest BCUT2D eigenvalue weighted by Gasteiger charge is 2.20. The molecule has 0 aromatic heterocycles. The number of halogens is 2. The van der Waals surface area contributed by atoms with E-state index in [0.29, 0.717) is 36.0 Å². The first-order chi connectivity index (χ1) is 15.7. The molecule has 5 heteroatoms. The summed E-state index contributed by atoms with van der Waals surface area (Å²) < 4.78 is 1.67. The Labute approximate surface area is 223 Å². The van der Waals surface area contributed by atoms with Crippen LogP contribution in [0.5, 0.6) is 17.2 Å². The molecule has 0 heterocycles. The molecule has 3 nitrogen and oxygen atoms in total. The molecule has 0 atom stereocenters. The summed E-state index contributed by atoms with van der Waals surface area (Å²) in [5.74, 6) is 1.56. The second-order valence-corrected chi connectivity index (χ2v) is 11.7. The quantitative estimate of drug-likeness (QED) is 0.243. The van der Waals surface area contributed by atoms with Crippen molar-refractivity contribution in [2.75, 3.05) is 0 Å². The highest BCUT2D eigenvalue weighted by Crippen LogP contribution is 2.38. The second kappa shape index (κ2) is 10.4. The van der Waals surface area contributed by atoms with Gasteiger partial charge in [-0.1, -0.05) is 43.5 Å². The van der Waals surface area contributed by atoms with E-state index in [1.807, 2.05) is 38.1 Å². The van der Waals surface area contributed by atoms with Crippen molar-refractivity contribution >= 4 is 45.2 Å². The molecule has 0 aliphatic heterocycles. The molecule has 1 aliphatic rings. The maximum absolute atomic E-state index is 11.3. The SMILES string of the molecule is Cc1cc(Cc2cc(C3CCCCC3)cc(Cc3cc(C)c(O)c(I)c3)c2O)cc(I)c1O. The number of hydrogen-bond donors (Lipinski definition) is 3. The van der Waals surface area contributed by atoms with Crippen LogP contribution >= 0.6 is 45.2 Å². The van der Waals surface area contributed by atoms with Gasteiger partial charge in [0.1, 0.15) is 17.2 Å². The van der Waals surface area contributed by atoms with Crippen LogP contribution in [0.15, 0.2) is 36.4 Å². The van der Waals surface area contributed by atoms with Crippen LogP contribution in [0.2, 0.25) is 0 Å². The molecule has 1 fully saturated rings. The first-order valence-electron chi connectivity index (χ1n) is 11.5. The monoisotopic (exact) mass is 668 g/mol. The molecule has 0 bridgehead atoms. The van der Waals surface area contributed by atoms with E-state index in [4.69, 9.17) is 0 Å². The van der Waals surface area contributed by atoms with Crippen LogP contribution in [0.25, 0.3) is 0 Å². The second-order valence-electron chi connectivity index (χ2n) is 9.36. The number of phenols is 3. The summed E-state index contributed by atoms with van der Waals surface area (Å²) in [6.07, 6.45) is 7.50. The van der Waals surface area contributed by atoms with Crippen molar-refractivity contribution in [3.8, 4) is 17.2 Å². The van der Waals surface area contributed by atoms with Crippen LogP contribution in [0.1, 0.15) is 77.0 Å². The topological polar surface area (TPSA) is 60.7 Å². The Morgan fingerprint density at radius 3 is 1.55 bits per heavy atom. The van der Waals surface area contributed by atoms with Gasteiger partial charge in [-0.15, -0.1) is 0 Å². The third-order valence-corrected chi connectivity index (χ3v) is 8.43. The average Bonchev–Trinajstić information content (AvgIpc) is 2.79. The van der Waals surface area contributed by atoms with Gasteiger partial charge in [-0.05, 0) is 129 Å². The summed E-state index contributed by atoms with van der Waals surface area (Å²) in [4.78, 5) is 0. The molecule has 0 saturated heterocycles. The molecule has 3 N–H and O–H groups in total. The highest BCUT2D eigenvalue weighted by molar-refractivity contribution is 14.1. The van der Waals surface area contributed by atoms with Crippen molar-refractivity contribution in [3.05, 3.63) is 82.5 Å². The molecular weight excluding hydrogens is 638 g/mol. The molecule has 4 rings (SSSR count). The van der Waals surface area contributed by atoms with Gasteiger partial charge >= 0.3 is 0 Å². The van der Waals surface area contributed by atoms with Crippen molar-refractivity contribution in [1.82, 2.24) is 0 Å². The molecule has 0 spiro atoms. The van der Waals surface area contributed by atoms with Crippen molar-refractivity contribution < 1.29 is 15.3 Å². The average molecular weight is 668 g/mol. The fourth-order valence-corrected chi connectivity index (χ4v) is 6.64. The minimum absolute atomic E-state index is 0.331. The summed E-state index contributed by atoms with van der Waals surface area (Å²) in [6.45, 7) is 3.83. The summed E-state index contributed by atoms with van der Waals surface area (Å²) in [5.41, 5.74) is 7.10. The van der Waals surface area contributed by atoms with Crippen LogP contribution in [0, 0.1) is 21.0 Å². The van der Waals surface area contributed by atoms with Crippen LogP contribution < -0.4 is 0 Å². The fraction of sp³-hybridized carbons (Fsp3) is 0.357. The Kier molecular flexibility index (Phi) is 7.78. The molecule has 0 amide bonds. The third kappa shape index (κ3) is 5.61. The largest absolute Gasteiger partial charge is 0.507 e. The lowest BCUT2D eigenvalue weighted by Crippen LogP contribution is -2.07. The predicted octanol–water partition coefficient (Wildman–Crippen LogP) is 7.86. The first kappa shape index (κ1) is 24.6. The van der Waals surface area contributed by atoms with Gasteiger partial charge in [0.2, 0.25) is 0 Å². The Morgan fingerprint density at radius 2 is 1.12 bits per heavy atom. The lowest BCUT2D eigenvalue weighted by molar-refractivity contribution is 0.439. The van der Waals surface area contributed by atoms with Gasteiger partial charge < -0.3 is 15.3 Å². The summed E-state index contributed by atoms with van der Waals surface area (Å²) in [7, 11) is 0. The van der Waals surface area contributed by atoms with E-state index >= 15 is 0 Å². The van der Waals surface area contributed by atoms with Crippen molar-refractivity contribution in [2.45, 2.75) is 64.7 Å². The molecule has 33 heavy (non-hydrogen) atoms. The van der Waals surface area contributed by atoms with E-state index in [9.17, 15) is 15.3 Å². The first-order valence-corrected chi connectivity index (χ1v) is 13.7. The molecule has 0 unspecified atom stereocenters. The standard InChI is InChI=1S/C28H30I2O3/c1-16-8-18(12-24(29)26(16)31)10-22-14-21(20-6-4-3-5-7-20)15-23(28(22)33)11-19-9-17(2)27(32)25(30)13-19/h8-9,12-15,20,31-33H,3-7,10-11H2,1-2H3. The molecule has 3 aromatic carbocycles. The zero-order valence-corrected chi connectivity index (χ0v) is 23.4. The van der Waals surface area contributed by atoms with Crippen LogP contribution in [0.3, 0.4) is 0 Å². The molecule has 0 radical (unpaired) electrons. The number of aryl methyl sites for hydroxylation is 2. The Morgan fingerprint density at radius 1 is 0.667 bits per heavy atom. The maximum Gasteiger partial charge on any atom is 0.131 e. The molecule has 1 aliphatic carbocycles. The van der Waals surface area contributed by atoms with E-state index in [1.165, 1.54) is 37.7 Å². The minimum Gasteiger partial charge on any atom is -0.507 e. The maximum atomic E-state index is 11.3. The van der Waals surface area contributed by atoms with Crippen LogP contribution in [0.4, 0.5) is 0 Å². The number of benzene rings is 3. The Balaban J connectivity index is 1.75. The van der Waals surface area contributed by atoms with Gasteiger partial charge in [0.05, 0.1) is 7.14 Å². The number of rotatable bonds is 5. The van der Waals surface area contributed by atoms with E-state index in [-0.39, 0.29) is 0 Å². The molecule has 3 aromatic rings. The van der Waals surface area contributed by atoms with Gasteiger partial charge in [0.15, 0.2) is 0 Å². The summed E-state index contributed by atoms with van der Waals surface area (Å²) in [6, 6.07) is 12.4. The van der Waals surface area contributed by atoms with Gasteiger partial charge in [0, 0.05) is 12.8 Å². The predicted molar refractivity (Wildman–Crippen MR) is 151 cm³/mol. The van der Waals surface area contributed by atoms with E-state index in [2.05, 4.69) is 57.3 Å². The molecule has 1 saturated carbocycles. The van der Waals surface area contributed by atoms with Crippen molar-refractivity contribution in [2.24, 2.45) is 0 Å². The smallest absolute Gasteiger partial charge is 0.131 e. The Hall–Kier alpha value is -1.48. The van der Waals surface area contributed by atoms with Gasteiger partial charge in [-0.3, -0.25) is 0 Å². The highest BCUT2D eigenvalue weighted by atomic mass is 127. The van der Waals surface area contributed by atoms with E-state index in [0.717, 1.165) is 40.5 Å². The Bertz CT molecular complexity index is 1050. The van der Waals surface area contributed by atoms with E-state index in [1.54, 1.807) is 0 Å². The van der Waals surface area contributed by atoms with Gasteiger partial charge in [-0.2, -0.15) is 0 Å². The zero-order valence-electron chi connectivity index (χ0n) is 19.1. The van der Waals surface area contributed by atoms with E-state index < -0.39 is 0 Å². The fourth-order valence-electron chi connectivity index (χ4n) is 4.99. The van der Waals surface area contributed by atoms with Crippen molar-refractivity contribution in [1.29, 1.82) is 0 Å². The van der Waals surface area contributed by atoms with Crippen LogP contribution in [-0.2, 0) is 12.8 Å². The van der Waals surface area contributed by atoms with Gasteiger partial charge in [0.25, 0.3) is 0 Å². The van der Waals surface area contributed by atoms with Crippen molar-refractivity contribution in [3.63, 3.8) is 0 Å². The molecule has 174 valence electrons. The number of hydrogen-bond acceptors (Lipinski definition) is 3. The lowest BCUT2D eigenvalue weighted by atomic mass is 9.81. The lowest BCUT2D eigenvalue weighted by Gasteiger charge is -2.24. The molecular formula is C28H30I2O3. The minimum atomic E-state index is 0.331. The van der Waals surface area contributed by atoms with Gasteiger partial charge in [-0.25, -0.2) is 0 Å².